The number of benzene rings is 2. The SMILES string of the molecule is CC(N)CCc1ccc(OCc2ccc(CO)cc2)cc1. The second-order valence-electron chi connectivity index (χ2n) is 5.42. The molecule has 2 rings (SSSR count). The molecule has 1 atom stereocenters. The van der Waals surface area contributed by atoms with Crippen LogP contribution in [0, 0.1) is 0 Å². The van der Waals surface area contributed by atoms with Crippen molar-refractivity contribution < 1.29 is 9.84 Å². The quantitative estimate of drug-likeness (QED) is 0.822. The first-order chi connectivity index (χ1) is 10.2. The van der Waals surface area contributed by atoms with Crippen LogP contribution >= 0.6 is 0 Å². The summed E-state index contributed by atoms with van der Waals surface area (Å²) in [5.41, 5.74) is 9.05. The number of hydrogen-bond acceptors (Lipinski definition) is 3. The topological polar surface area (TPSA) is 55.5 Å². The van der Waals surface area contributed by atoms with Gasteiger partial charge >= 0.3 is 0 Å². The van der Waals surface area contributed by atoms with E-state index in [0.29, 0.717) is 6.61 Å². The Morgan fingerprint density at radius 2 is 1.52 bits per heavy atom. The molecular weight excluding hydrogens is 262 g/mol. The van der Waals surface area contributed by atoms with E-state index in [1.165, 1.54) is 5.56 Å². The lowest BCUT2D eigenvalue weighted by Crippen LogP contribution is -2.15. The van der Waals surface area contributed by atoms with E-state index in [-0.39, 0.29) is 12.6 Å². The number of nitrogens with two attached hydrogens (primary N) is 1. The van der Waals surface area contributed by atoms with Gasteiger partial charge in [-0.25, -0.2) is 0 Å². The Hall–Kier alpha value is -1.84. The molecule has 21 heavy (non-hydrogen) atoms. The highest BCUT2D eigenvalue weighted by molar-refractivity contribution is 5.28. The highest BCUT2D eigenvalue weighted by atomic mass is 16.5. The molecule has 0 aliphatic heterocycles. The number of ether oxygens (including phenoxy) is 1. The summed E-state index contributed by atoms with van der Waals surface area (Å²) in [4.78, 5) is 0. The molecule has 0 aliphatic rings. The van der Waals surface area contributed by atoms with Gasteiger partial charge in [0.15, 0.2) is 0 Å². The molecule has 2 aromatic rings. The molecule has 0 amide bonds. The summed E-state index contributed by atoms with van der Waals surface area (Å²) in [6.45, 7) is 2.63. The summed E-state index contributed by atoms with van der Waals surface area (Å²) in [5, 5.41) is 9.00. The third kappa shape index (κ3) is 5.21. The standard InChI is InChI=1S/C18H23NO2/c1-14(19)2-3-15-8-10-18(11-9-15)21-13-17-6-4-16(12-20)5-7-17/h4-11,14,20H,2-3,12-13,19H2,1H3. The molecule has 0 fully saturated rings. The first kappa shape index (κ1) is 15.5. The predicted octanol–water partition coefficient (Wildman–Crippen LogP) is 3.04. The Morgan fingerprint density at radius 3 is 2.10 bits per heavy atom. The van der Waals surface area contributed by atoms with Crippen LogP contribution < -0.4 is 10.5 Å². The van der Waals surface area contributed by atoms with Gasteiger partial charge in [0.05, 0.1) is 6.61 Å². The smallest absolute Gasteiger partial charge is 0.119 e. The average molecular weight is 285 g/mol. The zero-order valence-electron chi connectivity index (χ0n) is 12.5. The van der Waals surface area contributed by atoms with E-state index in [2.05, 4.69) is 12.1 Å². The number of aliphatic hydroxyl groups excluding tert-OH is 1. The van der Waals surface area contributed by atoms with E-state index in [4.69, 9.17) is 15.6 Å². The van der Waals surface area contributed by atoms with Gasteiger partial charge in [-0.1, -0.05) is 36.4 Å². The molecule has 1 unspecified atom stereocenters. The Balaban J connectivity index is 1.85. The summed E-state index contributed by atoms with van der Waals surface area (Å²) in [6, 6.07) is 16.2. The largest absolute Gasteiger partial charge is 0.489 e. The molecule has 0 saturated heterocycles. The number of aryl methyl sites for hydroxylation is 1. The van der Waals surface area contributed by atoms with E-state index >= 15 is 0 Å². The van der Waals surface area contributed by atoms with Crippen LogP contribution in [0.3, 0.4) is 0 Å². The van der Waals surface area contributed by atoms with Crippen LogP contribution in [0.15, 0.2) is 48.5 Å². The van der Waals surface area contributed by atoms with Gasteiger partial charge in [0.1, 0.15) is 12.4 Å². The average Bonchev–Trinajstić information content (AvgIpc) is 2.52. The molecular formula is C18H23NO2. The van der Waals surface area contributed by atoms with Crippen molar-refractivity contribution in [1.82, 2.24) is 0 Å². The Morgan fingerprint density at radius 1 is 0.952 bits per heavy atom. The lowest BCUT2D eigenvalue weighted by Gasteiger charge is -2.09. The predicted molar refractivity (Wildman–Crippen MR) is 85.1 cm³/mol. The monoisotopic (exact) mass is 285 g/mol. The first-order valence-electron chi connectivity index (χ1n) is 7.33. The fourth-order valence-corrected chi connectivity index (χ4v) is 2.05. The van der Waals surface area contributed by atoms with Gasteiger partial charge in [-0.15, -0.1) is 0 Å². The molecule has 0 bridgehead atoms. The summed E-state index contributed by atoms with van der Waals surface area (Å²) in [6.07, 6.45) is 2.00. The maximum Gasteiger partial charge on any atom is 0.119 e. The van der Waals surface area contributed by atoms with E-state index in [1.807, 2.05) is 43.3 Å². The highest BCUT2D eigenvalue weighted by Gasteiger charge is 2.00. The lowest BCUT2D eigenvalue weighted by molar-refractivity contribution is 0.281. The normalized spacial score (nSPS) is 12.1. The maximum atomic E-state index is 9.00. The van der Waals surface area contributed by atoms with Crippen LogP contribution in [-0.4, -0.2) is 11.1 Å². The van der Waals surface area contributed by atoms with Crippen molar-refractivity contribution in [1.29, 1.82) is 0 Å². The number of hydrogen-bond donors (Lipinski definition) is 2. The molecule has 0 spiro atoms. The van der Waals surface area contributed by atoms with Crippen LogP contribution in [0.5, 0.6) is 5.75 Å². The Labute approximate surface area is 126 Å². The van der Waals surface area contributed by atoms with Crippen molar-refractivity contribution in [2.75, 3.05) is 0 Å². The molecule has 0 heterocycles. The van der Waals surface area contributed by atoms with E-state index < -0.39 is 0 Å². The summed E-state index contributed by atoms with van der Waals surface area (Å²) in [7, 11) is 0. The van der Waals surface area contributed by atoms with Crippen molar-refractivity contribution in [2.24, 2.45) is 5.73 Å². The summed E-state index contributed by atoms with van der Waals surface area (Å²) in [5.74, 6) is 0.866. The van der Waals surface area contributed by atoms with Crippen LogP contribution in [0.1, 0.15) is 30.0 Å². The Kier molecular flexibility index (Phi) is 5.78. The fraction of sp³-hybridized carbons (Fsp3) is 0.333. The maximum absolute atomic E-state index is 9.00. The fourth-order valence-electron chi connectivity index (χ4n) is 2.05. The third-order valence-corrected chi connectivity index (χ3v) is 3.42. The van der Waals surface area contributed by atoms with Crippen molar-refractivity contribution in [3.8, 4) is 5.75 Å². The molecule has 0 aliphatic carbocycles. The second kappa shape index (κ2) is 7.81. The lowest BCUT2D eigenvalue weighted by atomic mass is 10.1. The van der Waals surface area contributed by atoms with E-state index in [1.54, 1.807) is 0 Å². The van der Waals surface area contributed by atoms with Crippen LogP contribution in [-0.2, 0) is 19.6 Å². The van der Waals surface area contributed by atoms with Crippen LogP contribution in [0.2, 0.25) is 0 Å². The van der Waals surface area contributed by atoms with Crippen LogP contribution in [0.25, 0.3) is 0 Å². The summed E-state index contributed by atoms with van der Waals surface area (Å²) < 4.78 is 5.76. The highest BCUT2D eigenvalue weighted by Crippen LogP contribution is 2.16. The van der Waals surface area contributed by atoms with Gasteiger partial charge in [0, 0.05) is 6.04 Å². The minimum atomic E-state index is 0.0734. The third-order valence-electron chi connectivity index (χ3n) is 3.42. The van der Waals surface area contributed by atoms with Gasteiger partial charge in [-0.3, -0.25) is 0 Å². The molecule has 112 valence electrons. The summed E-state index contributed by atoms with van der Waals surface area (Å²) >= 11 is 0. The van der Waals surface area contributed by atoms with Crippen molar-refractivity contribution in [3.63, 3.8) is 0 Å². The van der Waals surface area contributed by atoms with E-state index in [0.717, 1.165) is 29.7 Å². The van der Waals surface area contributed by atoms with Crippen molar-refractivity contribution >= 4 is 0 Å². The molecule has 0 aromatic heterocycles. The van der Waals surface area contributed by atoms with Crippen LogP contribution in [0.4, 0.5) is 0 Å². The minimum Gasteiger partial charge on any atom is -0.489 e. The van der Waals surface area contributed by atoms with Gasteiger partial charge in [-0.2, -0.15) is 0 Å². The molecule has 2 aromatic carbocycles. The zero-order valence-corrected chi connectivity index (χ0v) is 12.5. The second-order valence-corrected chi connectivity index (χ2v) is 5.42. The minimum absolute atomic E-state index is 0.0734. The van der Waals surface area contributed by atoms with Gasteiger partial charge < -0.3 is 15.6 Å². The van der Waals surface area contributed by atoms with E-state index in [9.17, 15) is 0 Å². The molecule has 0 saturated carbocycles. The van der Waals surface area contributed by atoms with Gasteiger partial charge in [0.2, 0.25) is 0 Å². The van der Waals surface area contributed by atoms with Gasteiger partial charge in [-0.05, 0) is 48.6 Å². The molecule has 0 radical (unpaired) electrons. The van der Waals surface area contributed by atoms with Gasteiger partial charge in [0.25, 0.3) is 0 Å². The van der Waals surface area contributed by atoms with Crippen molar-refractivity contribution in [3.05, 3.63) is 65.2 Å². The molecule has 3 N–H and O–H groups in total. The zero-order chi connectivity index (χ0) is 15.1. The molecule has 3 nitrogen and oxygen atoms in total. The van der Waals surface area contributed by atoms with Crippen molar-refractivity contribution in [2.45, 2.75) is 39.0 Å². The Bertz CT molecular complexity index is 532. The molecule has 3 heteroatoms. The first-order valence-corrected chi connectivity index (χ1v) is 7.33. The number of aliphatic hydroxyl groups is 1. The number of rotatable bonds is 7.